The number of para-hydroxylation sites is 3. The van der Waals surface area contributed by atoms with Gasteiger partial charge in [-0.05, 0) is 200 Å². The van der Waals surface area contributed by atoms with Crippen LogP contribution in [0.15, 0.2) is 431 Å². The summed E-state index contributed by atoms with van der Waals surface area (Å²) in [6.07, 6.45) is 1.71. The fourth-order valence-corrected chi connectivity index (χ4v) is 20.1. The first-order valence-corrected chi connectivity index (χ1v) is 44.8. The molecule has 10 heteroatoms. The number of benzene rings is 17. The number of aryl methyl sites for hydroxylation is 2. The first-order chi connectivity index (χ1) is 64.2. The maximum Gasteiger partial charge on any atom is 0.164 e. The van der Waals surface area contributed by atoms with Crippen molar-refractivity contribution in [2.24, 2.45) is 0 Å². The molecule has 2 aliphatic heterocycles. The van der Waals surface area contributed by atoms with Gasteiger partial charge in [0.2, 0.25) is 0 Å². The van der Waals surface area contributed by atoms with Crippen LogP contribution in [-0.4, -0.2) is 48.2 Å². The van der Waals surface area contributed by atoms with E-state index in [-0.39, 0.29) is 10.8 Å². The van der Waals surface area contributed by atoms with Gasteiger partial charge in [-0.15, -0.1) is 6.58 Å². The van der Waals surface area contributed by atoms with Crippen molar-refractivity contribution in [1.82, 2.24) is 34.5 Å². The fraction of sp³-hybridized carbons (Fsp3) is 0.0909. The van der Waals surface area contributed by atoms with Gasteiger partial charge in [-0.2, -0.15) is 0 Å². The molecule has 3 aliphatic rings. The van der Waals surface area contributed by atoms with E-state index >= 15 is 0 Å². The third kappa shape index (κ3) is 14.6. The average molecular weight is 1690 g/mol. The van der Waals surface area contributed by atoms with Crippen LogP contribution in [0.3, 0.4) is 0 Å². The number of anilines is 6. The van der Waals surface area contributed by atoms with Crippen molar-refractivity contribution in [2.75, 3.05) is 23.5 Å². The molecule has 1 aliphatic carbocycles. The molecule has 5 heterocycles. The van der Waals surface area contributed by atoms with E-state index in [4.69, 9.17) is 29.9 Å². The Morgan fingerprint density at radius 3 is 1.09 bits per heavy atom. The average Bonchev–Trinajstić information content (AvgIpc) is 1.48. The minimum Gasteiger partial charge on any atom is -0.381 e. The van der Waals surface area contributed by atoms with E-state index in [0.717, 1.165) is 72.9 Å². The van der Waals surface area contributed by atoms with Crippen LogP contribution in [0.5, 0.6) is 0 Å². The minimum absolute atomic E-state index is 0.135. The molecule has 0 fully saturated rings. The highest BCUT2D eigenvalue weighted by molar-refractivity contribution is 6.12. The summed E-state index contributed by atoms with van der Waals surface area (Å²) in [4.78, 5) is 35.1. The van der Waals surface area contributed by atoms with Crippen LogP contribution in [-0.2, 0) is 21.0 Å². The molecule has 0 bridgehead atoms. The van der Waals surface area contributed by atoms with Crippen molar-refractivity contribution in [1.29, 1.82) is 0 Å². The Bertz CT molecular complexity index is 7400. The largest absolute Gasteiger partial charge is 0.381 e. The number of nitrogens with zero attached hydrogens (tertiary/aromatic N) is 9. The zero-order valence-electron chi connectivity index (χ0n) is 74.3. The highest BCUT2D eigenvalue weighted by Gasteiger charge is 2.48. The van der Waals surface area contributed by atoms with Gasteiger partial charge in [-0.3, -0.25) is 0 Å². The van der Waals surface area contributed by atoms with E-state index in [1.807, 2.05) is 97.1 Å². The van der Waals surface area contributed by atoms with Crippen molar-refractivity contribution in [3.8, 4) is 107 Å². The Morgan fingerprint density at radius 2 is 0.649 bits per heavy atom. The van der Waals surface area contributed by atoms with Gasteiger partial charge < -0.3 is 19.1 Å². The Kier molecular flexibility index (Phi) is 21.4. The summed E-state index contributed by atoms with van der Waals surface area (Å²) in [5.41, 5.74) is 34.8. The van der Waals surface area contributed by atoms with Gasteiger partial charge in [0.05, 0.1) is 51.5 Å². The van der Waals surface area contributed by atoms with Crippen LogP contribution in [0, 0.1) is 13.8 Å². The molecule has 131 heavy (non-hydrogen) atoms. The van der Waals surface area contributed by atoms with Crippen molar-refractivity contribution in [2.45, 2.75) is 57.8 Å². The Labute approximate surface area is 765 Å². The van der Waals surface area contributed by atoms with Gasteiger partial charge in [0, 0.05) is 73.5 Å². The number of ether oxygens (including phenoxy) is 1. The molecule has 17 aromatic carbocycles. The van der Waals surface area contributed by atoms with Gasteiger partial charge in [-0.1, -0.05) is 355 Å². The second-order valence-corrected chi connectivity index (χ2v) is 35.0. The summed E-state index contributed by atoms with van der Waals surface area (Å²) < 4.78 is 7.05. The van der Waals surface area contributed by atoms with Crippen LogP contribution >= 0.6 is 0 Å². The molecular formula is C121H95N9O. The molecule has 20 aromatic rings. The molecule has 0 saturated carbocycles. The summed E-state index contributed by atoms with van der Waals surface area (Å²) in [7, 11) is 1.64. The van der Waals surface area contributed by atoms with E-state index in [2.05, 4.69) is 389 Å². The molecule has 23 rings (SSSR count). The molecular weight excluding hydrogens is 1600 g/mol. The zero-order valence-corrected chi connectivity index (χ0v) is 74.3. The number of aromatic nitrogens is 7. The molecule has 0 N–H and O–H groups in total. The summed E-state index contributed by atoms with van der Waals surface area (Å²) in [6, 6.07) is 150. The topological polar surface area (TPSA) is 98.0 Å². The maximum atomic E-state index is 5.14. The number of hydrogen-bond donors (Lipinski definition) is 0. The highest BCUT2D eigenvalue weighted by Crippen LogP contribution is 2.61. The lowest BCUT2D eigenvalue weighted by molar-refractivity contribution is 0.234. The first-order valence-electron chi connectivity index (χ1n) is 44.8. The second-order valence-electron chi connectivity index (χ2n) is 35.0. The SMILES string of the molecule is C=CCOC.CC1(C)c2ccc(-c3ccccc3)cc2N(c2ccc(-c3nc(-c4ccccc4)nc(-c4ccccc4)n3)cc2)c2cc(-c3ccccc3)ccc21.Cc1cc(-c2nc(-c3ccccc3)nc(-c3ccccc3)n2)cc(C)c1N1c2ccccc2C(c2ccccc2)(c2ccc3c(c2)c2cc4c(cc2n3-c2ccccc2)C(C)(C)c2ccccc2-4)c2ccccc21. The Hall–Kier alpha value is -16.1. The summed E-state index contributed by atoms with van der Waals surface area (Å²) in [5, 5.41) is 2.47. The lowest BCUT2D eigenvalue weighted by atomic mass is 9.62. The van der Waals surface area contributed by atoms with E-state index in [9.17, 15) is 0 Å². The van der Waals surface area contributed by atoms with Crippen molar-refractivity contribution in [3.05, 3.63) is 487 Å². The molecule has 0 unspecified atom stereocenters. The van der Waals surface area contributed by atoms with Crippen molar-refractivity contribution < 1.29 is 4.74 Å². The number of rotatable bonds is 15. The molecule has 0 amide bonds. The fourth-order valence-electron chi connectivity index (χ4n) is 20.1. The molecule has 0 radical (unpaired) electrons. The molecule has 630 valence electrons. The Balaban J connectivity index is 0.000000159. The third-order valence-electron chi connectivity index (χ3n) is 26.3. The smallest absolute Gasteiger partial charge is 0.164 e. The van der Waals surface area contributed by atoms with Gasteiger partial charge in [0.25, 0.3) is 0 Å². The molecule has 0 saturated heterocycles. The monoisotopic (exact) mass is 1690 g/mol. The maximum absolute atomic E-state index is 5.14. The van der Waals surface area contributed by atoms with E-state index in [1.165, 1.54) is 111 Å². The molecule has 10 nitrogen and oxygen atoms in total. The number of methoxy groups -OCH3 is 1. The van der Waals surface area contributed by atoms with Crippen LogP contribution < -0.4 is 9.80 Å². The highest BCUT2D eigenvalue weighted by atomic mass is 16.5. The summed E-state index contributed by atoms with van der Waals surface area (Å²) in [6.45, 7) is 17.9. The van der Waals surface area contributed by atoms with Gasteiger partial charge >= 0.3 is 0 Å². The molecule has 3 aromatic heterocycles. The summed E-state index contributed by atoms with van der Waals surface area (Å²) in [5.74, 6) is 3.86. The van der Waals surface area contributed by atoms with Crippen LogP contribution in [0.25, 0.3) is 129 Å². The van der Waals surface area contributed by atoms with E-state index in [0.29, 0.717) is 41.6 Å². The minimum atomic E-state index is -0.695. The lowest BCUT2D eigenvalue weighted by Gasteiger charge is -2.47. The zero-order chi connectivity index (χ0) is 88.9. The quantitative estimate of drug-likeness (QED) is 0.0930. The van der Waals surface area contributed by atoms with Crippen LogP contribution in [0.2, 0.25) is 0 Å². The van der Waals surface area contributed by atoms with Crippen LogP contribution in [0.4, 0.5) is 34.1 Å². The second kappa shape index (κ2) is 34.2. The summed E-state index contributed by atoms with van der Waals surface area (Å²) >= 11 is 0. The first kappa shape index (κ1) is 81.9. The molecule has 0 spiro atoms. The number of hydrogen-bond acceptors (Lipinski definition) is 9. The predicted octanol–water partition coefficient (Wildman–Crippen LogP) is 30.2. The normalized spacial score (nSPS) is 13.2. The Morgan fingerprint density at radius 1 is 0.275 bits per heavy atom. The molecule has 0 atom stereocenters. The van der Waals surface area contributed by atoms with Crippen molar-refractivity contribution in [3.63, 3.8) is 0 Å². The third-order valence-corrected chi connectivity index (χ3v) is 26.3. The predicted molar refractivity (Wildman–Crippen MR) is 540 cm³/mol. The van der Waals surface area contributed by atoms with Gasteiger partial charge in [0.1, 0.15) is 0 Å². The van der Waals surface area contributed by atoms with E-state index in [1.54, 1.807) is 13.2 Å². The lowest BCUT2D eigenvalue weighted by Crippen LogP contribution is -2.38. The number of fused-ring (bicyclic) bond motifs is 10. The van der Waals surface area contributed by atoms with Crippen LogP contribution in [0.1, 0.15) is 83.3 Å². The van der Waals surface area contributed by atoms with E-state index < -0.39 is 5.41 Å². The van der Waals surface area contributed by atoms with Gasteiger partial charge in [-0.25, -0.2) is 29.9 Å². The van der Waals surface area contributed by atoms with Crippen molar-refractivity contribution >= 4 is 55.9 Å². The standard InChI is InChI=1S/C69H51N5.C48H36N4.C4H8O/c1-44-39-48(67-71-65(46-23-9-5-10-24-46)70-66(72-67)47-25-11-6-12-26-47)40-45(2)64(44)74-61-35-21-19-33-57(61)69(49-27-13-7-14-28-49,58-34-20-22-36-62(58)74)50-37-38-60-54(41-50)55-42-53-52-31-17-18-32-56(52)68(3,4)59(53)43-63(55)73(60)51-29-15-8-16-30-51;1-48(2)41-29-25-38(33-15-7-3-8-16-33)31-43(41)52(44-32-39(26-30-42(44)48)34-17-9-4-10-18-34)40-27-23-37(24-28-40)47-50-45(35-19-11-5-12-20-35)49-46(51-47)36-21-13-6-14-22-36;1-3-4-5-2/h5-43H,1-4H3;3-32H,1-2H3;3H,1,4H2,2H3. The van der Waals surface area contributed by atoms with Gasteiger partial charge in [0.15, 0.2) is 34.9 Å².